The number of benzene rings is 1. The standard InChI is InChI=1S/C14H19FN2O/c1-10(11-4-6-12(15)7-5-11)17-13(18)14(2)8-3-9-16-14/h4-7,10,16H,3,8-9H2,1-2H3,(H,17,18)/t10-,14?/m1/s1. The second-order valence-electron chi connectivity index (χ2n) is 5.11. The van der Waals surface area contributed by atoms with E-state index in [1.807, 2.05) is 13.8 Å². The van der Waals surface area contributed by atoms with Gasteiger partial charge in [-0.25, -0.2) is 4.39 Å². The maximum absolute atomic E-state index is 12.8. The lowest BCUT2D eigenvalue weighted by molar-refractivity contribution is -0.127. The van der Waals surface area contributed by atoms with Crippen LogP contribution in [0.1, 0.15) is 38.3 Å². The van der Waals surface area contributed by atoms with Crippen molar-refractivity contribution < 1.29 is 9.18 Å². The molecule has 1 aromatic carbocycles. The lowest BCUT2D eigenvalue weighted by atomic mass is 9.98. The third kappa shape index (κ3) is 2.70. The van der Waals surface area contributed by atoms with E-state index in [4.69, 9.17) is 0 Å². The van der Waals surface area contributed by atoms with Crippen LogP contribution in [0.25, 0.3) is 0 Å². The van der Waals surface area contributed by atoms with Crippen molar-refractivity contribution in [3.05, 3.63) is 35.6 Å². The van der Waals surface area contributed by atoms with E-state index in [9.17, 15) is 9.18 Å². The third-order valence-corrected chi connectivity index (χ3v) is 3.59. The normalized spacial score (nSPS) is 24.8. The Morgan fingerprint density at radius 3 is 2.67 bits per heavy atom. The molecular formula is C14H19FN2O. The zero-order valence-electron chi connectivity index (χ0n) is 10.8. The van der Waals surface area contributed by atoms with Gasteiger partial charge in [-0.15, -0.1) is 0 Å². The zero-order chi connectivity index (χ0) is 13.2. The smallest absolute Gasteiger partial charge is 0.240 e. The molecule has 2 atom stereocenters. The number of amides is 1. The molecule has 98 valence electrons. The van der Waals surface area contributed by atoms with Crippen molar-refractivity contribution in [1.82, 2.24) is 10.6 Å². The molecule has 3 nitrogen and oxygen atoms in total. The SMILES string of the molecule is C[C@@H](NC(=O)C1(C)CCCN1)c1ccc(F)cc1. The Bertz CT molecular complexity index is 424. The van der Waals surface area contributed by atoms with Gasteiger partial charge in [-0.3, -0.25) is 4.79 Å². The van der Waals surface area contributed by atoms with Gasteiger partial charge in [0.05, 0.1) is 11.6 Å². The van der Waals surface area contributed by atoms with Crippen LogP contribution in [0.4, 0.5) is 4.39 Å². The fourth-order valence-electron chi connectivity index (χ4n) is 2.28. The van der Waals surface area contributed by atoms with Gasteiger partial charge in [0.25, 0.3) is 0 Å². The van der Waals surface area contributed by atoms with Crippen LogP contribution in [0.5, 0.6) is 0 Å². The fourth-order valence-corrected chi connectivity index (χ4v) is 2.28. The van der Waals surface area contributed by atoms with Gasteiger partial charge in [-0.05, 0) is 50.9 Å². The van der Waals surface area contributed by atoms with E-state index in [2.05, 4.69) is 10.6 Å². The molecule has 1 saturated heterocycles. The zero-order valence-corrected chi connectivity index (χ0v) is 10.8. The minimum absolute atomic E-state index is 0.0109. The molecule has 1 unspecified atom stereocenters. The van der Waals surface area contributed by atoms with Gasteiger partial charge in [0, 0.05) is 0 Å². The van der Waals surface area contributed by atoms with Gasteiger partial charge in [0.1, 0.15) is 5.82 Å². The van der Waals surface area contributed by atoms with E-state index in [0.717, 1.165) is 24.9 Å². The van der Waals surface area contributed by atoms with E-state index >= 15 is 0 Å². The lowest BCUT2D eigenvalue weighted by Crippen LogP contribution is -2.51. The number of rotatable bonds is 3. The second kappa shape index (κ2) is 5.06. The Morgan fingerprint density at radius 1 is 1.44 bits per heavy atom. The molecule has 1 amide bonds. The first-order chi connectivity index (χ1) is 8.51. The molecule has 0 saturated carbocycles. The lowest BCUT2D eigenvalue weighted by Gasteiger charge is -2.25. The number of carbonyl (C=O) groups excluding carboxylic acids is 1. The summed E-state index contributed by atoms with van der Waals surface area (Å²) in [6, 6.07) is 6.11. The van der Waals surface area contributed by atoms with Crippen LogP contribution in [0.15, 0.2) is 24.3 Å². The summed E-state index contributed by atoms with van der Waals surface area (Å²) in [5.74, 6) is -0.251. The first-order valence-electron chi connectivity index (χ1n) is 6.33. The molecule has 2 rings (SSSR count). The number of hydrogen-bond acceptors (Lipinski definition) is 2. The average Bonchev–Trinajstić information content (AvgIpc) is 2.78. The van der Waals surface area contributed by atoms with Gasteiger partial charge < -0.3 is 10.6 Å². The van der Waals surface area contributed by atoms with Crippen molar-refractivity contribution in [3.63, 3.8) is 0 Å². The molecular weight excluding hydrogens is 231 g/mol. The minimum atomic E-state index is -0.464. The van der Waals surface area contributed by atoms with Crippen LogP contribution in [0.2, 0.25) is 0 Å². The van der Waals surface area contributed by atoms with Gasteiger partial charge in [0.15, 0.2) is 0 Å². The van der Waals surface area contributed by atoms with Crippen LogP contribution < -0.4 is 10.6 Å². The van der Waals surface area contributed by atoms with Crippen LogP contribution in [-0.4, -0.2) is 18.0 Å². The molecule has 1 heterocycles. The number of nitrogens with one attached hydrogen (secondary N) is 2. The van der Waals surface area contributed by atoms with Crippen molar-refractivity contribution in [3.8, 4) is 0 Å². The quantitative estimate of drug-likeness (QED) is 0.863. The summed E-state index contributed by atoms with van der Waals surface area (Å²) in [6.45, 7) is 4.71. The summed E-state index contributed by atoms with van der Waals surface area (Å²) >= 11 is 0. The van der Waals surface area contributed by atoms with Crippen molar-refractivity contribution in [2.45, 2.75) is 38.3 Å². The maximum Gasteiger partial charge on any atom is 0.240 e. The fraction of sp³-hybridized carbons (Fsp3) is 0.500. The highest BCUT2D eigenvalue weighted by molar-refractivity contribution is 5.86. The summed E-state index contributed by atoms with van der Waals surface area (Å²) in [6.07, 6.45) is 1.88. The van der Waals surface area contributed by atoms with E-state index in [0.29, 0.717) is 0 Å². The topological polar surface area (TPSA) is 41.1 Å². The Labute approximate surface area is 107 Å². The van der Waals surface area contributed by atoms with Crippen molar-refractivity contribution in [2.75, 3.05) is 6.54 Å². The summed E-state index contributed by atoms with van der Waals surface area (Å²) in [5.41, 5.74) is 0.445. The third-order valence-electron chi connectivity index (χ3n) is 3.59. The van der Waals surface area contributed by atoms with Crippen LogP contribution in [0.3, 0.4) is 0 Å². The predicted octanol–water partition coefficient (Wildman–Crippen LogP) is 2.14. The Hall–Kier alpha value is -1.42. The second-order valence-corrected chi connectivity index (χ2v) is 5.11. The molecule has 0 bridgehead atoms. The highest BCUT2D eigenvalue weighted by atomic mass is 19.1. The molecule has 1 aromatic rings. The Kier molecular flexibility index (Phi) is 3.66. The summed E-state index contributed by atoms with van der Waals surface area (Å²) in [7, 11) is 0. The van der Waals surface area contributed by atoms with Gasteiger partial charge in [0.2, 0.25) is 5.91 Å². The molecule has 1 fully saturated rings. The summed E-state index contributed by atoms with van der Waals surface area (Å²) in [4.78, 5) is 12.2. The molecule has 2 N–H and O–H groups in total. The van der Waals surface area contributed by atoms with Crippen molar-refractivity contribution >= 4 is 5.91 Å². The van der Waals surface area contributed by atoms with Crippen molar-refractivity contribution in [1.29, 1.82) is 0 Å². The summed E-state index contributed by atoms with van der Waals surface area (Å²) in [5, 5.41) is 6.20. The van der Waals surface area contributed by atoms with E-state index in [1.54, 1.807) is 12.1 Å². The van der Waals surface area contributed by atoms with Crippen LogP contribution in [-0.2, 0) is 4.79 Å². The van der Waals surface area contributed by atoms with Crippen LogP contribution >= 0.6 is 0 Å². The number of halogens is 1. The highest BCUT2D eigenvalue weighted by Gasteiger charge is 2.36. The molecule has 1 aliphatic heterocycles. The number of carbonyl (C=O) groups is 1. The van der Waals surface area contributed by atoms with E-state index < -0.39 is 5.54 Å². The van der Waals surface area contributed by atoms with E-state index in [-0.39, 0.29) is 17.8 Å². The molecule has 0 aliphatic carbocycles. The molecule has 4 heteroatoms. The van der Waals surface area contributed by atoms with Crippen molar-refractivity contribution in [2.24, 2.45) is 0 Å². The largest absolute Gasteiger partial charge is 0.348 e. The monoisotopic (exact) mass is 250 g/mol. The Morgan fingerprint density at radius 2 is 2.11 bits per heavy atom. The Balaban J connectivity index is 2.00. The van der Waals surface area contributed by atoms with Gasteiger partial charge in [-0.1, -0.05) is 12.1 Å². The van der Waals surface area contributed by atoms with Gasteiger partial charge >= 0.3 is 0 Å². The first kappa shape index (κ1) is 13.0. The highest BCUT2D eigenvalue weighted by Crippen LogP contribution is 2.21. The van der Waals surface area contributed by atoms with Crippen LogP contribution in [0, 0.1) is 5.82 Å². The average molecular weight is 250 g/mol. The molecule has 1 aliphatic rings. The molecule has 18 heavy (non-hydrogen) atoms. The molecule has 0 spiro atoms. The first-order valence-corrected chi connectivity index (χ1v) is 6.33. The summed E-state index contributed by atoms with van der Waals surface area (Å²) < 4.78 is 12.8. The van der Waals surface area contributed by atoms with Gasteiger partial charge in [-0.2, -0.15) is 0 Å². The molecule has 0 radical (unpaired) electrons. The minimum Gasteiger partial charge on any atom is -0.348 e. The maximum atomic E-state index is 12.8. The van der Waals surface area contributed by atoms with E-state index in [1.165, 1.54) is 12.1 Å². The predicted molar refractivity (Wildman–Crippen MR) is 68.6 cm³/mol. The molecule has 0 aromatic heterocycles. The number of hydrogen-bond donors (Lipinski definition) is 2.